The Hall–Kier alpha value is -2.44. The van der Waals surface area contributed by atoms with Gasteiger partial charge in [-0.25, -0.2) is 4.79 Å². The van der Waals surface area contributed by atoms with Crippen molar-refractivity contribution in [1.82, 2.24) is 25.5 Å². The Morgan fingerprint density at radius 2 is 1.74 bits per heavy atom. The van der Waals surface area contributed by atoms with Crippen molar-refractivity contribution >= 4 is 11.9 Å². The molecule has 1 aliphatic carbocycles. The molecule has 0 spiro atoms. The third-order valence-corrected chi connectivity index (χ3v) is 6.48. The average Bonchev–Trinajstić information content (AvgIpc) is 3.11. The topological polar surface area (TPSA) is 88.1 Å². The van der Waals surface area contributed by atoms with Crippen molar-refractivity contribution in [3.63, 3.8) is 0 Å². The van der Waals surface area contributed by atoms with Crippen LogP contribution in [0.2, 0.25) is 0 Å². The molecule has 8 nitrogen and oxygen atoms in total. The van der Waals surface area contributed by atoms with Gasteiger partial charge in [0.1, 0.15) is 6.17 Å². The Bertz CT molecular complexity index is 846. The van der Waals surface area contributed by atoms with E-state index in [-0.39, 0.29) is 6.17 Å². The lowest BCUT2D eigenvalue weighted by Gasteiger charge is -2.44. The zero-order chi connectivity index (χ0) is 21.8. The van der Waals surface area contributed by atoms with E-state index in [9.17, 15) is 14.8 Å². The number of piperazine rings is 1. The van der Waals surface area contributed by atoms with Crippen LogP contribution < -0.4 is 10.6 Å². The van der Waals surface area contributed by atoms with Crippen molar-refractivity contribution in [1.29, 1.82) is 0 Å². The van der Waals surface area contributed by atoms with Crippen LogP contribution in [0.15, 0.2) is 24.3 Å². The summed E-state index contributed by atoms with van der Waals surface area (Å²) in [4.78, 5) is 27.7. The van der Waals surface area contributed by atoms with Crippen LogP contribution in [0.25, 0.3) is 0 Å². The minimum Gasteiger partial charge on any atom is -0.316 e. The van der Waals surface area contributed by atoms with Gasteiger partial charge in [0.15, 0.2) is 6.04 Å². The van der Waals surface area contributed by atoms with Gasteiger partial charge in [-0.3, -0.25) is 19.9 Å². The van der Waals surface area contributed by atoms with Gasteiger partial charge in [-0.2, -0.15) is 5.06 Å². The summed E-state index contributed by atoms with van der Waals surface area (Å²) in [5.41, 5.74) is 1.74. The Morgan fingerprint density at radius 1 is 1.06 bits per heavy atom. The summed E-state index contributed by atoms with van der Waals surface area (Å²) < 4.78 is 0. The number of nitrogens with zero attached hydrogens (tertiary/aromatic N) is 3. The molecule has 3 fully saturated rings. The minimum atomic E-state index is -0.816. The standard InChI is InChI=1S/C23H31N5O3/c1-26(31)22(28-15-13-27(14-16-28)19-5-3-2-4-6-19)18-10-7-17(8-11-18)9-12-20-21(29)25-23(30)24-20/h7-8,10-11,19-20,22,31H,2-6,13-16H2,1H3,(H2,24,25,29,30)/t20-,22?/m0/s1. The van der Waals surface area contributed by atoms with E-state index in [2.05, 4.69) is 32.3 Å². The van der Waals surface area contributed by atoms with Crippen LogP contribution >= 0.6 is 0 Å². The quantitative estimate of drug-likeness (QED) is 0.385. The van der Waals surface area contributed by atoms with Gasteiger partial charge in [-0.15, -0.1) is 0 Å². The Morgan fingerprint density at radius 3 is 2.32 bits per heavy atom. The zero-order valence-corrected chi connectivity index (χ0v) is 18.0. The predicted molar refractivity (Wildman–Crippen MR) is 116 cm³/mol. The Kier molecular flexibility index (Phi) is 6.88. The van der Waals surface area contributed by atoms with E-state index in [1.54, 1.807) is 7.05 Å². The second-order valence-corrected chi connectivity index (χ2v) is 8.60. The smallest absolute Gasteiger partial charge is 0.316 e. The summed E-state index contributed by atoms with van der Waals surface area (Å²) >= 11 is 0. The summed E-state index contributed by atoms with van der Waals surface area (Å²) in [5, 5.41) is 16.3. The molecule has 8 heteroatoms. The first-order valence-corrected chi connectivity index (χ1v) is 11.1. The maximum Gasteiger partial charge on any atom is 0.322 e. The number of imide groups is 1. The summed E-state index contributed by atoms with van der Waals surface area (Å²) in [5.74, 6) is 5.28. The zero-order valence-electron chi connectivity index (χ0n) is 18.0. The van der Waals surface area contributed by atoms with Crippen molar-refractivity contribution in [2.75, 3.05) is 33.2 Å². The highest BCUT2D eigenvalue weighted by Gasteiger charge is 2.31. The average molecular weight is 426 g/mol. The fraction of sp³-hybridized carbons (Fsp3) is 0.565. The van der Waals surface area contributed by atoms with Crippen molar-refractivity contribution in [3.05, 3.63) is 35.4 Å². The lowest BCUT2D eigenvalue weighted by molar-refractivity contribution is -0.162. The van der Waals surface area contributed by atoms with E-state index < -0.39 is 18.0 Å². The highest BCUT2D eigenvalue weighted by Crippen LogP contribution is 2.27. The van der Waals surface area contributed by atoms with Crippen LogP contribution in [0, 0.1) is 11.8 Å². The molecule has 0 radical (unpaired) electrons. The molecule has 3 amide bonds. The van der Waals surface area contributed by atoms with Gasteiger partial charge in [0, 0.05) is 44.8 Å². The summed E-state index contributed by atoms with van der Waals surface area (Å²) in [6, 6.07) is 7.08. The first-order chi connectivity index (χ1) is 15.0. The molecular weight excluding hydrogens is 394 g/mol. The SMILES string of the molecule is CN(O)C(c1ccc(C#C[C@@H]2NC(=O)NC2=O)cc1)N1CCN(C2CCCCC2)CC1. The molecule has 2 saturated heterocycles. The van der Waals surface area contributed by atoms with Crippen LogP contribution in [0.1, 0.15) is 49.4 Å². The van der Waals surface area contributed by atoms with Gasteiger partial charge in [-0.05, 0) is 30.5 Å². The molecule has 0 aromatic heterocycles. The molecule has 4 rings (SSSR count). The van der Waals surface area contributed by atoms with E-state index >= 15 is 0 Å². The number of hydroxylamine groups is 2. The van der Waals surface area contributed by atoms with Crippen LogP contribution in [0.5, 0.6) is 0 Å². The number of urea groups is 1. The van der Waals surface area contributed by atoms with Gasteiger partial charge < -0.3 is 10.5 Å². The first kappa shape index (κ1) is 21.8. The molecule has 1 aromatic carbocycles. The molecule has 3 aliphatic rings. The van der Waals surface area contributed by atoms with Crippen molar-refractivity contribution in [2.45, 2.75) is 50.4 Å². The van der Waals surface area contributed by atoms with Gasteiger partial charge in [-0.1, -0.05) is 43.2 Å². The van der Waals surface area contributed by atoms with Crippen LogP contribution in [0.3, 0.4) is 0 Å². The predicted octanol–water partition coefficient (Wildman–Crippen LogP) is 1.52. The molecule has 3 N–H and O–H groups in total. The molecule has 166 valence electrons. The van der Waals surface area contributed by atoms with E-state index in [1.807, 2.05) is 24.3 Å². The fourth-order valence-corrected chi connectivity index (χ4v) is 4.87. The second-order valence-electron chi connectivity index (χ2n) is 8.60. The number of amides is 3. The van der Waals surface area contributed by atoms with Crippen LogP contribution in [-0.4, -0.2) is 77.3 Å². The molecule has 31 heavy (non-hydrogen) atoms. The van der Waals surface area contributed by atoms with Crippen molar-refractivity contribution in [3.8, 4) is 11.8 Å². The largest absolute Gasteiger partial charge is 0.322 e. The highest BCUT2D eigenvalue weighted by atomic mass is 16.5. The highest BCUT2D eigenvalue weighted by molar-refractivity contribution is 6.05. The van der Waals surface area contributed by atoms with E-state index in [4.69, 9.17) is 0 Å². The molecule has 2 aliphatic heterocycles. The van der Waals surface area contributed by atoms with Gasteiger partial charge in [0.2, 0.25) is 0 Å². The third-order valence-electron chi connectivity index (χ3n) is 6.48. The van der Waals surface area contributed by atoms with Gasteiger partial charge >= 0.3 is 6.03 Å². The number of nitrogens with one attached hydrogen (secondary N) is 2. The van der Waals surface area contributed by atoms with Crippen LogP contribution in [-0.2, 0) is 4.79 Å². The number of hydrogen-bond donors (Lipinski definition) is 3. The molecule has 0 bridgehead atoms. The third kappa shape index (κ3) is 5.25. The molecule has 1 unspecified atom stereocenters. The maximum atomic E-state index is 11.6. The van der Waals surface area contributed by atoms with E-state index in [0.717, 1.165) is 43.3 Å². The molecular formula is C23H31N5O3. The van der Waals surface area contributed by atoms with Crippen molar-refractivity contribution in [2.24, 2.45) is 0 Å². The number of carbonyl (C=O) groups is 2. The molecule has 1 aromatic rings. The number of benzene rings is 1. The fourth-order valence-electron chi connectivity index (χ4n) is 4.87. The Balaban J connectivity index is 1.38. The number of rotatable bonds is 4. The lowest BCUT2D eigenvalue weighted by atomic mass is 9.93. The summed E-state index contributed by atoms with van der Waals surface area (Å²) in [7, 11) is 1.69. The van der Waals surface area contributed by atoms with E-state index in [0.29, 0.717) is 0 Å². The number of carbonyl (C=O) groups excluding carboxylic acids is 2. The van der Waals surface area contributed by atoms with Gasteiger partial charge in [0.25, 0.3) is 5.91 Å². The first-order valence-electron chi connectivity index (χ1n) is 11.1. The van der Waals surface area contributed by atoms with Gasteiger partial charge in [0.05, 0.1) is 0 Å². The lowest BCUT2D eigenvalue weighted by Crippen LogP contribution is -2.53. The van der Waals surface area contributed by atoms with Crippen molar-refractivity contribution < 1.29 is 14.8 Å². The monoisotopic (exact) mass is 425 g/mol. The Labute approximate surface area is 183 Å². The van der Waals surface area contributed by atoms with E-state index in [1.165, 1.54) is 37.2 Å². The normalized spacial score (nSPS) is 24.4. The van der Waals surface area contributed by atoms with Crippen LogP contribution in [0.4, 0.5) is 4.79 Å². The summed E-state index contributed by atoms with van der Waals surface area (Å²) in [6.45, 7) is 3.91. The second kappa shape index (κ2) is 9.79. The minimum absolute atomic E-state index is 0.213. The molecule has 1 saturated carbocycles. The molecule has 2 heterocycles. The maximum absolute atomic E-state index is 11.6. The summed E-state index contributed by atoms with van der Waals surface area (Å²) in [6.07, 6.45) is 6.49. The number of hydrogen-bond acceptors (Lipinski definition) is 6. The molecule has 2 atom stereocenters.